The van der Waals surface area contributed by atoms with Crippen LogP contribution in [0.4, 0.5) is 0 Å². The van der Waals surface area contributed by atoms with E-state index in [2.05, 4.69) is 23.8 Å². The van der Waals surface area contributed by atoms with Crippen LogP contribution in [0.5, 0.6) is 0 Å². The Bertz CT molecular complexity index is 303. The van der Waals surface area contributed by atoms with Crippen LogP contribution >= 0.6 is 11.6 Å². The molecule has 0 aliphatic rings. The normalized spacial score (nSPS) is 11.3. The minimum absolute atomic E-state index is 0.759. The predicted octanol–water partition coefficient (Wildman–Crippen LogP) is 2.22. The first kappa shape index (κ1) is 11.5. The van der Waals surface area contributed by atoms with E-state index in [0.717, 1.165) is 36.0 Å². The van der Waals surface area contributed by atoms with Crippen molar-refractivity contribution in [1.29, 1.82) is 0 Å². The Balaban J connectivity index is 2.84. The predicted molar refractivity (Wildman–Crippen MR) is 59.6 cm³/mol. The van der Waals surface area contributed by atoms with Crippen molar-refractivity contribution in [1.82, 2.24) is 14.7 Å². The van der Waals surface area contributed by atoms with Gasteiger partial charge in [0.05, 0.1) is 5.69 Å². The Hall–Kier alpha value is -0.540. The van der Waals surface area contributed by atoms with Gasteiger partial charge in [-0.2, -0.15) is 5.10 Å². The lowest BCUT2D eigenvalue weighted by molar-refractivity contribution is 0.295. The van der Waals surface area contributed by atoms with Gasteiger partial charge in [-0.3, -0.25) is 9.58 Å². The van der Waals surface area contributed by atoms with Gasteiger partial charge in [-0.25, -0.2) is 0 Å². The maximum absolute atomic E-state index is 6.15. The van der Waals surface area contributed by atoms with Crippen LogP contribution in [0.3, 0.4) is 0 Å². The summed E-state index contributed by atoms with van der Waals surface area (Å²) >= 11 is 6.15. The molecule has 80 valence electrons. The molecule has 4 heteroatoms. The summed E-state index contributed by atoms with van der Waals surface area (Å²) in [6.45, 7) is 9.30. The van der Waals surface area contributed by atoms with E-state index in [4.69, 9.17) is 11.6 Å². The number of hydrogen-bond donors (Lipinski definition) is 0. The number of aryl methyl sites for hydroxylation is 2. The Morgan fingerprint density at radius 2 is 1.93 bits per heavy atom. The first-order valence-corrected chi connectivity index (χ1v) is 5.38. The Kier molecular flexibility index (Phi) is 3.96. The van der Waals surface area contributed by atoms with Crippen LogP contribution in [0.2, 0.25) is 5.15 Å². The molecule has 0 spiro atoms. The molecule has 0 aromatic carbocycles. The molecule has 0 saturated carbocycles. The number of halogens is 1. The first-order chi connectivity index (χ1) is 6.60. The third-order valence-electron chi connectivity index (χ3n) is 2.55. The number of aromatic nitrogens is 2. The third-order valence-corrected chi connectivity index (χ3v) is 3.02. The molecule has 0 bridgehead atoms. The molecule has 0 radical (unpaired) electrons. The molecule has 0 aliphatic carbocycles. The zero-order valence-electron chi connectivity index (χ0n) is 9.34. The SMILES string of the molecule is CCN(CC)Cc1c(C)nn(C)c1Cl. The van der Waals surface area contributed by atoms with Gasteiger partial charge in [-0.15, -0.1) is 0 Å². The molecule has 0 amide bonds. The standard InChI is InChI=1S/C10H18ClN3/c1-5-14(6-2)7-9-8(3)12-13(4)10(9)11/h5-7H2,1-4H3. The van der Waals surface area contributed by atoms with Crippen molar-refractivity contribution in [3.05, 3.63) is 16.4 Å². The molecule has 0 saturated heterocycles. The van der Waals surface area contributed by atoms with Crippen LogP contribution in [-0.2, 0) is 13.6 Å². The van der Waals surface area contributed by atoms with Gasteiger partial charge in [-0.05, 0) is 20.0 Å². The summed E-state index contributed by atoms with van der Waals surface area (Å²) in [6, 6.07) is 0. The van der Waals surface area contributed by atoms with Crippen molar-refractivity contribution in [2.24, 2.45) is 7.05 Å². The lowest BCUT2D eigenvalue weighted by Gasteiger charge is -2.17. The fourth-order valence-corrected chi connectivity index (χ4v) is 1.76. The second-order valence-corrected chi connectivity index (χ2v) is 3.80. The molecular formula is C10H18ClN3. The highest BCUT2D eigenvalue weighted by atomic mass is 35.5. The van der Waals surface area contributed by atoms with E-state index in [1.54, 1.807) is 4.68 Å². The van der Waals surface area contributed by atoms with Crippen LogP contribution in [-0.4, -0.2) is 27.8 Å². The molecule has 1 aromatic heterocycles. The van der Waals surface area contributed by atoms with E-state index in [9.17, 15) is 0 Å². The molecule has 1 aromatic rings. The second-order valence-electron chi connectivity index (χ2n) is 3.44. The van der Waals surface area contributed by atoms with Crippen LogP contribution in [0.25, 0.3) is 0 Å². The van der Waals surface area contributed by atoms with E-state index in [1.165, 1.54) is 0 Å². The highest BCUT2D eigenvalue weighted by Gasteiger charge is 2.13. The summed E-state index contributed by atoms with van der Waals surface area (Å²) in [6.07, 6.45) is 0. The summed E-state index contributed by atoms with van der Waals surface area (Å²) in [5.41, 5.74) is 2.18. The molecule has 0 N–H and O–H groups in total. The number of hydrogen-bond acceptors (Lipinski definition) is 2. The fraction of sp³-hybridized carbons (Fsp3) is 0.700. The molecule has 0 atom stereocenters. The summed E-state index contributed by atoms with van der Waals surface area (Å²) in [7, 11) is 1.88. The van der Waals surface area contributed by atoms with Crippen LogP contribution in [0, 0.1) is 6.92 Å². The molecule has 3 nitrogen and oxygen atoms in total. The number of nitrogens with zero attached hydrogens (tertiary/aromatic N) is 3. The van der Waals surface area contributed by atoms with E-state index in [1.807, 2.05) is 14.0 Å². The van der Waals surface area contributed by atoms with Crippen LogP contribution < -0.4 is 0 Å². The first-order valence-electron chi connectivity index (χ1n) is 5.00. The zero-order chi connectivity index (χ0) is 10.7. The van der Waals surface area contributed by atoms with Gasteiger partial charge in [0, 0.05) is 19.2 Å². The molecule has 0 aliphatic heterocycles. The van der Waals surface area contributed by atoms with Crippen molar-refractivity contribution in [3.63, 3.8) is 0 Å². The van der Waals surface area contributed by atoms with Crippen molar-refractivity contribution in [2.75, 3.05) is 13.1 Å². The Morgan fingerprint density at radius 3 is 2.29 bits per heavy atom. The second kappa shape index (κ2) is 4.80. The lowest BCUT2D eigenvalue weighted by Crippen LogP contribution is -2.22. The average Bonchev–Trinajstić information content (AvgIpc) is 2.40. The van der Waals surface area contributed by atoms with E-state index in [0.29, 0.717) is 0 Å². The highest BCUT2D eigenvalue weighted by Crippen LogP contribution is 2.20. The Labute approximate surface area is 90.7 Å². The van der Waals surface area contributed by atoms with Gasteiger partial charge in [-0.1, -0.05) is 25.4 Å². The molecule has 0 unspecified atom stereocenters. The smallest absolute Gasteiger partial charge is 0.131 e. The maximum atomic E-state index is 6.15. The van der Waals surface area contributed by atoms with E-state index in [-0.39, 0.29) is 0 Å². The van der Waals surface area contributed by atoms with Gasteiger partial charge >= 0.3 is 0 Å². The summed E-state index contributed by atoms with van der Waals surface area (Å²) in [5, 5.41) is 5.05. The minimum atomic E-state index is 0.759. The fourth-order valence-electron chi connectivity index (χ4n) is 1.52. The largest absolute Gasteiger partial charge is 0.299 e. The molecular weight excluding hydrogens is 198 g/mol. The molecule has 14 heavy (non-hydrogen) atoms. The van der Waals surface area contributed by atoms with E-state index < -0.39 is 0 Å². The minimum Gasteiger partial charge on any atom is -0.299 e. The summed E-state index contributed by atoms with van der Waals surface area (Å²) in [4.78, 5) is 2.33. The van der Waals surface area contributed by atoms with Gasteiger partial charge in [0.15, 0.2) is 0 Å². The van der Waals surface area contributed by atoms with Gasteiger partial charge < -0.3 is 0 Å². The summed E-state index contributed by atoms with van der Waals surface area (Å²) in [5.74, 6) is 0. The topological polar surface area (TPSA) is 21.1 Å². The van der Waals surface area contributed by atoms with Crippen molar-refractivity contribution < 1.29 is 0 Å². The molecule has 1 heterocycles. The van der Waals surface area contributed by atoms with Gasteiger partial charge in [0.25, 0.3) is 0 Å². The van der Waals surface area contributed by atoms with Crippen molar-refractivity contribution in [2.45, 2.75) is 27.3 Å². The molecule has 1 rings (SSSR count). The van der Waals surface area contributed by atoms with Gasteiger partial charge in [0.1, 0.15) is 5.15 Å². The zero-order valence-corrected chi connectivity index (χ0v) is 10.1. The van der Waals surface area contributed by atoms with Gasteiger partial charge in [0.2, 0.25) is 0 Å². The average molecular weight is 216 g/mol. The lowest BCUT2D eigenvalue weighted by atomic mass is 10.2. The molecule has 0 fully saturated rings. The Morgan fingerprint density at radius 1 is 1.36 bits per heavy atom. The van der Waals surface area contributed by atoms with Crippen LogP contribution in [0.1, 0.15) is 25.1 Å². The maximum Gasteiger partial charge on any atom is 0.131 e. The monoisotopic (exact) mass is 215 g/mol. The summed E-state index contributed by atoms with van der Waals surface area (Å²) < 4.78 is 1.73. The van der Waals surface area contributed by atoms with Crippen molar-refractivity contribution >= 4 is 11.6 Å². The van der Waals surface area contributed by atoms with Crippen molar-refractivity contribution in [3.8, 4) is 0 Å². The highest BCUT2D eigenvalue weighted by molar-refractivity contribution is 6.30. The third kappa shape index (κ3) is 2.28. The van der Waals surface area contributed by atoms with E-state index >= 15 is 0 Å². The number of rotatable bonds is 4. The van der Waals surface area contributed by atoms with Crippen LogP contribution in [0.15, 0.2) is 0 Å². The quantitative estimate of drug-likeness (QED) is 0.768.